The monoisotopic (exact) mass is 368 g/mol. The topological polar surface area (TPSA) is 74.8 Å². The molecule has 0 atom stereocenters. The van der Waals surface area contributed by atoms with Gasteiger partial charge in [0.05, 0.1) is 13.2 Å². The second-order valence-electron chi connectivity index (χ2n) is 7.26. The molecule has 0 unspecified atom stereocenters. The van der Waals surface area contributed by atoms with Crippen molar-refractivity contribution < 1.29 is 13.2 Å². The highest BCUT2D eigenvalue weighted by Gasteiger charge is 2.29. The lowest BCUT2D eigenvalue weighted by Crippen LogP contribution is -2.53. The highest BCUT2D eigenvalue weighted by Crippen LogP contribution is 2.22. The molecule has 0 aromatic carbocycles. The maximum absolute atomic E-state index is 12.5. The predicted molar refractivity (Wildman–Crippen MR) is 97.2 cm³/mol. The van der Waals surface area contributed by atoms with E-state index in [1.807, 2.05) is 0 Å². The predicted octanol–water partition coefficient (Wildman–Crippen LogP) is 1.39. The van der Waals surface area contributed by atoms with E-state index < -0.39 is 10.0 Å². The van der Waals surface area contributed by atoms with E-state index in [9.17, 15) is 8.42 Å². The molecule has 2 aliphatic rings. The Labute approximate surface area is 150 Å². The quantitative estimate of drug-likeness (QED) is 0.818. The van der Waals surface area contributed by atoms with Crippen LogP contribution in [-0.2, 0) is 14.8 Å². The minimum atomic E-state index is -3.40. The van der Waals surface area contributed by atoms with Gasteiger partial charge in [0.2, 0.25) is 10.0 Å². The van der Waals surface area contributed by atoms with Crippen LogP contribution in [0.4, 0.5) is 5.82 Å². The zero-order valence-corrected chi connectivity index (χ0v) is 15.9. The summed E-state index contributed by atoms with van der Waals surface area (Å²) in [5, 5.41) is 3.33. The van der Waals surface area contributed by atoms with Crippen LogP contribution in [0.2, 0.25) is 0 Å². The van der Waals surface area contributed by atoms with E-state index in [0.717, 1.165) is 45.7 Å². The van der Waals surface area contributed by atoms with Crippen molar-refractivity contribution in [3.05, 3.63) is 18.3 Å². The van der Waals surface area contributed by atoms with Gasteiger partial charge in [-0.2, -0.15) is 4.31 Å². The van der Waals surface area contributed by atoms with E-state index in [-0.39, 0.29) is 10.4 Å². The van der Waals surface area contributed by atoms with Crippen molar-refractivity contribution in [3.8, 4) is 0 Å². The number of aromatic nitrogens is 1. The first-order chi connectivity index (χ1) is 11.9. The molecule has 140 valence electrons. The largest absolute Gasteiger partial charge is 0.379 e. The summed E-state index contributed by atoms with van der Waals surface area (Å²) in [4.78, 5) is 6.97. The van der Waals surface area contributed by atoms with E-state index >= 15 is 0 Å². The Balaban J connectivity index is 1.60. The second-order valence-corrected chi connectivity index (χ2v) is 9.19. The van der Waals surface area contributed by atoms with Crippen molar-refractivity contribution in [2.75, 3.05) is 51.3 Å². The summed E-state index contributed by atoms with van der Waals surface area (Å²) >= 11 is 0. The summed E-state index contributed by atoms with van der Waals surface area (Å²) < 4.78 is 32.0. The molecule has 25 heavy (non-hydrogen) atoms. The average molecular weight is 369 g/mol. The fourth-order valence-corrected chi connectivity index (χ4v) is 4.77. The molecule has 3 heterocycles. The molecule has 1 aromatic heterocycles. The Morgan fingerprint density at radius 3 is 2.44 bits per heavy atom. The normalized spacial score (nSPS) is 20.7. The minimum Gasteiger partial charge on any atom is -0.379 e. The molecular formula is C17H28N4O3S. The maximum Gasteiger partial charge on any atom is 0.244 e. The van der Waals surface area contributed by atoms with Crippen molar-refractivity contribution in [1.82, 2.24) is 14.2 Å². The van der Waals surface area contributed by atoms with E-state index in [1.165, 1.54) is 6.20 Å². The molecule has 2 saturated heterocycles. The number of morpholine rings is 1. The van der Waals surface area contributed by atoms with Gasteiger partial charge in [-0.1, -0.05) is 0 Å². The first-order valence-electron chi connectivity index (χ1n) is 8.92. The van der Waals surface area contributed by atoms with Crippen LogP contribution in [0.5, 0.6) is 0 Å². The van der Waals surface area contributed by atoms with Crippen molar-refractivity contribution >= 4 is 15.8 Å². The molecule has 0 saturated carbocycles. The zero-order valence-electron chi connectivity index (χ0n) is 15.1. The van der Waals surface area contributed by atoms with E-state index in [4.69, 9.17) is 4.74 Å². The fraction of sp³-hybridized carbons (Fsp3) is 0.706. The molecule has 7 nitrogen and oxygen atoms in total. The maximum atomic E-state index is 12.5. The molecule has 0 amide bonds. The summed E-state index contributed by atoms with van der Waals surface area (Å²) in [5.41, 5.74) is -0.0221. The third-order valence-corrected chi connectivity index (χ3v) is 6.89. The van der Waals surface area contributed by atoms with Crippen LogP contribution < -0.4 is 5.32 Å². The number of rotatable bonds is 6. The Morgan fingerprint density at radius 2 is 1.84 bits per heavy atom. The number of nitrogens with zero attached hydrogens (tertiary/aromatic N) is 3. The van der Waals surface area contributed by atoms with Crippen LogP contribution in [0.15, 0.2) is 23.2 Å². The Hall–Kier alpha value is -1.22. The second kappa shape index (κ2) is 7.57. The molecule has 1 N–H and O–H groups in total. The van der Waals surface area contributed by atoms with Crippen LogP contribution in [0, 0.1) is 0 Å². The summed E-state index contributed by atoms with van der Waals surface area (Å²) in [5.74, 6) is 0.696. The van der Waals surface area contributed by atoms with Crippen LogP contribution in [0.1, 0.15) is 26.7 Å². The lowest BCUT2D eigenvalue weighted by molar-refractivity contribution is -0.00570. The van der Waals surface area contributed by atoms with Crippen molar-refractivity contribution in [2.45, 2.75) is 37.1 Å². The number of hydrogen-bond donors (Lipinski definition) is 1. The number of hydrogen-bond acceptors (Lipinski definition) is 6. The number of sulfonamides is 1. The van der Waals surface area contributed by atoms with Crippen molar-refractivity contribution in [1.29, 1.82) is 0 Å². The highest BCUT2D eigenvalue weighted by atomic mass is 32.2. The van der Waals surface area contributed by atoms with Gasteiger partial charge in [0.15, 0.2) is 0 Å². The highest BCUT2D eigenvalue weighted by molar-refractivity contribution is 7.89. The van der Waals surface area contributed by atoms with Crippen LogP contribution >= 0.6 is 0 Å². The number of nitrogens with one attached hydrogen (secondary N) is 1. The molecule has 2 fully saturated rings. The van der Waals surface area contributed by atoms with Crippen molar-refractivity contribution in [3.63, 3.8) is 0 Å². The van der Waals surface area contributed by atoms with Crippen LogP contribution in [0.25, 0.3) is 0 Å². The van der Waals surface area contributed by atoms with E-state index in [0.29, 0.717) is 18.9 Å². The number of ether oxygens (including phenoxy) is 1. The molecule has 0 aliphatic carbocycles. The average Bonchev–Trinajstić information content (AvgIpc) is 3.17. The molecule has 0 bridgehead atoms. The van der Waals surface area contributed by atoms with Gasteiger partial charge >= 0.3 is 0 Å². The molecule has 8 heteroatoms. The molecule has 3 rings (SSSR count). The summed E-state index contributed by atoms with van der Waals surface area (Å²) in [6, 6.07) is 3.39. The fourth-order valence-electron chi connectivity index (χ4n) is 3.30. The zero-order chi connectivity index (χ0) is 17.9. The van der Waals surface area contributed by atoms with Gasteiger partial charge in [-0.3, -0.25) is 4.90 Å². The smallest absolute Gasteiger partial charge is 0.244 e. The van der Waals surface area contributed by atoms with Crippen molar-refractivity contribution in [2.24, 2.45) is 0 Å². The van der Waals surface area contributed by atoms with Gasteiger partial charge < -0.3 is 10.1 Å². The van der Waals surface area contributed by atoms with Gasteiger partial charge in [-0.05, 0) is 38.8 Å². The minimum absolute atomic E-state index is 0.0221. The van der Waals surface area contributed by atoms with E-state index in [1.54, 1.807) is 16.4 Å². The molecule has 1 aromatic rings. The first kappa shape index (κ1) is 18.6. The van der Waals surface area contributed by atoms with Gasteiger partial charge in [0, 0.05) is 44.5 Å². The van der Waals surface area contributed by atoms with E-state index in [2.05, 4.69) is 29.0 Å². The van der Waals surface area contributed by atoms with Gasteiger partial charge in [-0.25, -0.2) is 13.4 Å². The third kappa shape index (κ3) is 4.31. The van der Waals surface area contributed by atoms with Gasteiger partial charge in [0.1, 0.15) is 10.7 Å². The molecule has 2 aliphatic heterocycles. The lowest BCUT2D eigenvalue weighted by Gasteiger charge is -2.41. The van der Waals surface area contributed by atoms with Crippen LogP contribution in [0.3, 0.4) is 0 Å². The molecule has 0 spiro atoms. The Morgan fingerprint density at radius 1 is 1.16 bits per heavy atom. The summed E-state index contributed by atoms with van der Waals surface area (Å²) in [7, 11) is -3.40. The molecule has 0 radical (unpaired) electrons. The lowest BCUT2D eigenvalue weighted by atomic mass is 10.0. The van der Waals surface area contributed by atoms with Crippen LogP contribution in [-0.4, -0.2) is 74.1 Å². The van der Waals surface area contributed by atoms with Gasteiger partial charge in [-0.15, -0.1) is 0 Å². The number of pyridine rings is 1. The Bertz CT molecular complexity index is 664. The summed E-state index contributed by atoms with van der Waals surface area (Å²) in [6.07, 6.45) is 3.32. The first-order valence-corrected chi connectivity index (χ1v) is 10.4. The third-order valence-electron chi connectivity index (χ3n) is 5.01. The van der Waals surface area contributed by atoms with Gasteiger partial charge in [0.25, 0.3) is 0 Å². The summed E-state index contributed by atoms with van der Waals surface area (Å²) in [6.45, 7) is 9.72. The standard InChI is InChI=1S/C17H28N4O3S/c1-17(2,20-9-11-24-12-10-20)14-19-16-6-5-15(13-18-16)25(22,23)21-7-3-4-8-21/h5-6,13H,3-4,7-12,14H2,1-2H3,(H,18,19). The molecular weight excluding hydrogens is 340 g/mol. The Kier molecular flexibility index (Phi) is 5.62. The number of anilines is 1. The SMILES string of the molecule is CC(C)(CNc1ccc(S(=O)(=O)N2CCCC2)cn1)N1CCOCC1.